The van der Waals surface area contributed by atoms with Gasteiger partial charge < -0.3 is 10.9 Å². The number of aromatic amines is 1. The van der Waals surface area contributed by atoms with Gasteiger partial charge in [0.15, 0.2) is 0 Å². The molecule has 2 aromatic heterocycles. The van der Waals surface area contributed by atoms with E-state index in [2.05, 4.69) is 16.5 Å². The Morgan fingerprint density at radius 2 is 2.53 bits per heavy atom. The number of nitrogen functional groups attached to an aromatic ring is 1. The van der Waals surface area contributed by atoms with Crippen molar-refractivity contribution in [2.45, 2.75) is 6.54 Å². The molecule has 2 rings (SSSR count). The van der Waals surface area contributed by atoms with Gasteiger partial charge in [-0.1, -0.05) is 12.7 Å². The lowest BCUT2D eigenvalue weighted by Crippen LogP contribution is -2.29. The van der Waals surface area contributed by atoms with E-state index in [4.69, 9.17) is 5.73 Å². The summed E-state index contributed by atoms with van der Waals surface area (Å²) in [5.41, 5.74) is 5.04. The Hall–Kier alpha value is -2.31. The van der Waals surface area contributed by atoms with Crippen LogP contribution in [0.1, 0.15) is 0 Å². The second kappa shape index (κ2) is 3.12. The highest BCUT2D eigenvalue weighted by Crippen LogP contribution is 2.04. The van der Waals surface area contributed by atoms with Crippen LogP contribution in [-0.4, -0.2) is 14.5 Å². The summed E-state index contributed by atoms with van der Waals surface area (Å²) in [7, 11) is 0. The lowest BCUT2D eigenvalue weighted by atomic mass is 10.5. The number of nitrogens with zero attached hydrogens (tertiary/aromatic N) is 3. The average Bonchev–Trinajstić information content (AvgIpc) is 2.43. The molecule has 0 aromatic carbocycles. The molecule has 2 heterocycles. The Morgan fingerprint density at radius 3 is 3.20 bits per heavy atom. The Morgan fingerprint density at radius 1 is 1.80 bits per heavy atom. The van der Waals surface area contributed by atoms with Gasteiger partial charge in [-0.25, -0.2) is 9.30 Å². The minimum atomic E-state index is -0.546. The van der Waals surface area contributed by atoms with E-state index in [1.54, 1.807) is 6.08 Å². The van der Waals surface area contributed by atoms with Gasteiger partial charge in [-0.15, -0.1) is 0 Å². The van der Waals surface area contributed by atoms with Gasteiger partial charge in [-0.3, -0.25) is 9.78 Å². The fourth-order valence-corrected chi connectivity index (χ4v) is 1.38. The summed E-state index contributed by atoms with van der Waals surface area (Å²) in [5, 5.41) is 11.4. The Balaban J connectivity index is 2.86. The summed E-state index contributed by atoms with van der Waals surface area (Å²) in [6, 6.07) is 0. The van der Waals surface area contributed by atoms with E-state index in [9.17, 15) is 10.0 Å². The summed E-state index contributed by atoms with van der Waals surface area (Å²) in [6.07, 6.45) is 2.83. The number of nitrogens with two attached hydrogens (primary N) is 1. The molecule has 0 aliphatic rings. The SMILES string of the molecule is C=CCn1c[n+]([O-])c2c(=O)[nH]c(N)nc21. The number of nitrogens with one attached hydrogen (secondary N) is 1. The normalized spacial score (nSPS) is 10.7. The van der Waals surface area contributed by atoms with Crippen molar-refractivity contribution in [1.29, 1.82) is 0 Å². The number of anilines is 1. The monoisotopic (exact) mass is 207 g/mol. The summed E-state index contributed by atoms with van der Waals surface area (Å²) in [4.78, 5) is 17.6. The van der Waals surface area contributed by atoms with Crippen molar-refractivity contribution in [2.24, 2.45) is 0 Å². The molecule has 3 N–H and O–H groups in total. The van der Waals surface area contributed by atoms with E-state index in [-0.39, 0.29) is 17.1 Å². The maximum atomic E-state index is 11.4. The molecule has 0 radical (unpaired) electrons. The van der Waals surface area contributed by atoms with Crippen LogP contribution in [0.25, 0.3) is 11.2 Å². The lowest BCUT2D eigenvalue weighted by Gasteiger charge is -1.94. The van der Waals surface area contributed by atoms with Crippen LogP contribution in [0.4, 0.5) is 5.95 Å². The number of rotatable bonds is 2. The molecule has 0 aliphatic carbocycles. The molecule has 0 bridgehead atoms. The number of fused-ring (bicyclic) bond motifs is 1. The first-order valence-electron chi connectivity index (χ1n) is 4.22. The van der Waals surface area contributed by atoms with Crippen LogP contribution in [0.5, 0.6) is 0 Å². The van der Waals surface area contributed by atoms with E-state index in [0.29, 0.717) is 11.3 Å². The second-order valence-corrected chi connectivity index (χ2v) is 3.01. The Kier molecular flexibility index (Phi) is 1.93. The largest absolute Gasteiger partial charge is 0.710 e. The highest BCUT2D eigenvalue weighted by atomic mass is 16.5. The van der Waals surface area contributed by atoms with Crippen LogP contribution >= 0.6 is 0 Å². The topological polar surface area (TPSA) is 104 Å². The Labute approximate surface area is 84.1 Å². The van der Waals surface area contributed by atoms with Gasteiger partial charge in [0.25, 0.3) is 11.2 Å². The molecule has 0 aliphatic heterocycles. The molecule has 0 unspecified atom stereocenters. The first-order chi connectivity index (χ1) is 7.13. The minimum Gasteiger partial charge on any atom is -0.710 e. The van der Waals surface area contributed by atoms with Crippen LogP contribution in [-0.2, 0) is 6.54 Å². The van der Waals surface area contributed by atoms with Crippen molar-refractivity contribution in [2.75, 3.05) is 5.73 Å². The molecule has 78 valence electrons. The maximum absolute atomic E-state index is 11.4. The van der Waals surface area contributed by atoms with E-state index in [0.717, 1.165) is 0 Å². The van der Waals surface area contributed by atoms with Gasteiger partial charge in [0, 0.05) is 0 Å². The number of hydrogen-bond acceptors (Lipinski definition) is 4. The first kappa shape index (κ1) is 9.25. The van der Waals surface area contributed by atoms with E-state index >= 15 is 0 Å². The summed E-state index contributed by atoms with van der Waals surface area (Å²) >= 11 is 0. The molecule has 0 spiro atoms. The molecular weight excluding hydrogens is 198 g/mol. The van der Waals surface area contributed by atoms with Crippen molar-refractivity contribution in [3.63, 3.8) is 0 Å². The lowest BCUT2D eigenvalue weighted by molar-refractivity contribution is -0.578. The average molecular weight is 207 g/mol. The third-order valence-electron chi connectivity index (χ3n) is 1.96. The highest BCUT2D eigenvalue weighted by Gasteiger charge is 2.16. The van der Waals surface area contributed by atoms with Crippen molar-refractivity contribution < 1.29 is 4.73 Å². The van der Waals surface area contributed by atoms with Crippen LogP contribution in [0.3, 0.4) is 0 Å². The Bertz CT molecular complexity index is 582. The fraction of sp³-hybridized carbons (Fsp3) is 0.125. The molecule has 0 amide bonds. The summed E-state index contributed by atoms with van der Waals surface area (Å²) < 4.78 is 1.96. The maximum Gasteiger partial charge on any atom is 0.304 e. The van der Waals surface area contributed by atoms with Gasteiger partial charge in [0.2, 0.25) is 12.3 Å². The molecular formula is C8H9N5O2. The van der Waals surface area contributed by atoms with Crippen LogP contribution in [0.2, 0.25) is 0 Å². The second-order valence-electron chi connectivity index (χ2n) is 3.01. The van der Waals surface area contributed by atoms with Crippen molar-refractivity contribution in [3.8, 4) is 0 Å². The van der Waals surface area contributed by atoms with Gasteiger partial charge >= 0.3 is 5.56 Å². The predicted molar refractivity (Wildman–Crippen MR) is 53.9 cm³/mol. The molecule has 0 saturated heterocycles. The van der Waals surface area contributed by atoms with E-state index in [1.165, 1.54) is 10.9 Å². The molecule has 2 aromatic rings. The van der Waals surface area contributed by atoms with E-state index in [1.807, 2.05) is 0 Å². The third kappa shape index (κ3) is 1.33. The van der Waals surface area contributed by atoms with Crippen LogP contribution in [0.15, 0.2) is 23.8 Å². The van der Waals surface area contributed by atoms with Gasteiger partial charge in [-0.05, 0) is 0 Å². The van der Waals surface area contributed by atoms with Crippen LogP contribution in [0, 0.1) is 5.21 Å². The quantitative estimate of drug-likeness (QED) is 0.379. The number of allylic oxidation sites excluding steroid dienone is 1. The number of H-pyrrole nitrogens is 1. The minimum absolute atomic E-state index is 0.0171. The molecule has 15 heavy (non-hydrogen) atoms. The van der Waals surface area contributed by atoms with Gasteiger partial charge in [-0.2, -0.15) is 4.98 Å². The summed E-state index contributed by atoms with van der Waals surface area (Å²) in [5.74, 6) is -0.0171. The third-order valence-corrected chi connectivity index (χ3v) is 1.96. The number of aromatic nitrogens is 4. The molecule has 0 saturated carbocycles. The van der Waals surface area contributed by atoms with Crippen molar-refractivity contribution >= 4 is 17.1 Å². The van der Waals surface area contributed by atoms with Gasteiger partial charge in [0.05, 0.1) is 0 Å². The predicted octanol–water partition coefficient (Wildman–Crippen LogP) is -0.874. The number of imidazole rings is 1. The molecule has 0 fully saturated rings. The van der Waals surface area contributed by atoms with Crippen LogP contribution < -0.4 is 16.0 Å². The van der Waals surface area contributed by atoms with Crippen molar-refractivity contribution in [1.82, 2.24) is 14.5 Å². The molecule has 0 atom stereocenters. The zero-order chi connectivity index (χ0) is 11.0. The molecule has 7 heteroatoms. The van der Waals surface area contributed by atoms with Crippen molar-refractivity contribution in [3.05, 3.63) is 34.5 Å². The summed E-state index contributed by atoms with van der Waals surface area (Å²) in [6.45, 7) is 3.93. The molecule has 7 nitrogen and oxygen atoms in total. The zero-order valence-corrected chi connectivity index (χ0v) is 7.80. The van der Waals surface area contributed by atoms with Gasteiger partial charge in [0.1, 0.15) is 6.54 Å². The number of hydrogen-bond donors (Lipinski definition) is 2. The smallest absolute Gasteiger partial charge is 0.304 e. The standard InChI is InChI=1S/C8H9N5O2/c1-2-3-12-4-13(15)5-6(12)10-8(9)11-7(5)14/h2,4H,1,3H2,(H3,9,10,11,14). The zero-order valence-electron chi connectivity index (χ0n) is 7.80. The highest BCUT2D eigenvalue weighted by molar-refractivity contribution is 5.66. The fourth-order valence-electron chi connectivity index (χ4n) is 1.38. The van der Waals surface area contributed by atoms with E-state index < -0.39 is 5.56 Å². The first-order valence-corrected chi connectivity index (χ1v) is 4.22.